The minimum absolute atomic E-state index is 0.117. The second kappa shape index (κ2) is 9.83. The molecule has 7 heteroatoms. The summed E-state index contributed by atoms with van der Waals surface area (Å²) in [6.45, 7) is 8.68. The highest BCUT2D eigenvalue weighted by Gasteiger charge is 2.19. The van der Waals surface area contributed by atoms with Gasteiger partial charge in [0.25, 0.3) is 5.56 Å². The van der Waals surface area contributed by atoms with Crippen LogP contribution in [0.25, 0.3) is 17.1 Å². The first-order chi connectivity index (χ1) is 15.9. The van der Waals surface area contributed by atoms with E-state index in [1.165, 1.54) is 6.42 Å². The van der Waals surface area contributed by atoms with Crippen LogP contribution in [0.4, 0.5) is 5.69 Å². The number of benzene rings is 1. The first kappa shape index (κ1) is 23.1. The number of rotatable bonds is 8. The SMILES string of the molecule is Cc1c(N=c2scc(-c3ccco3)n2C(C)CCCC(C)C)c(=O)n(-c2ccccc2)n1C. The van der Waals surface area contributed by atoms with Crippen molar-refractivity contribution in [2.75, 3.05) is 0 Å². The molecule has 0 aliphatic heterocycles. The molecule has 0 N–H and O–H groups in total. The summed E-state index contributed by atoms with van der Waals surface area (Å²) in [5, 5.41) is 2.07. The predicted molar refractivity (Wildman–Crippen MR) is 134 cm³/mol. The van der Waals surface area contributed by atoms with E-state index in [9.17, 15) is 4.79 Å². The Morgan fingerprint density at radius 3 is 2.48 bits per heavy atom. The van der Waals surface area contributed by atoms with Crippen molar-refractivity contribution in [2.24, 2.45) is 18.0 Å². The Kier molecular flexibility index (Phi) is 6.88. The minimum Gasteiger partial charge on any atom is -0.463 e. The third kappa shape index (κ3) is 4.69. The average Bonchev–Trinajstić information content (AvgIpc) is 3.50. The molecule has 0 bridgehead atoms. The van der Waals surface area contributed by atoms with Gasteiger partial charge in [0.2, 0.25) is 0 Å². The lowest BCUT2D eigenvalue weighted by molar-refractivity contribution is 0.440. The highest BCUT2D eigenvalue weighted by Crippen LogP contribution is 2.27. The van der Waals surface area contributed by atoms with Crippen molar-refractivity contribution in [3.05, 3.63) is 75.0 Å². The van der Waals surface area contributed by atoms with Crippen LogP contribution in [-0.4, -0.2) is 13.9 Å². The van der Waals surface area contributed by atoms with E-state index in [2.05, 4.69) is 30.7 Å². The molecule has 0 radical (unpaired) electrons. The summed E-state index contributed by atoms with van der Waals surface area (Å²) in [6.07, 6.45) is 5.07. The maximum absolute atomic E-state index is 13.4. The van der Waals surface area contributed by atoms with Crippen LogP contribution < -0.4 is 10.4 Å². The molecule has 0 saturated carbocycles. The van der Waals surface area contributed by atoms with Crippen molar-refractivity contribution in [3.8, 4) is 17.1 Å². The van der Waals surface area contributed by atoms with Crippen molar-refractivity contribution in [1.29, 1.82) is 0 Å². The van der Waals surface area contributed by atoms with Crippen molar-refractivity contribution in [2.45, 2.75) is 53.0 Å². The lowest BCUT2D eigenvalue weighted by atomic mass is 10.0. The largest absolute Gasteiger partial charge is 0.463 e. The zero-order valence-corrected chi connectivity index (χ0v) is 20.8. The molecule has 0 spiro atoms. The molecule has 0 aliphatic rings. The molecule has 0 saturated heterocycles. The van der Waals surface area contributed by atoms with Gasteiger partial charge in [0.05, 0.1) is 23.3 Å². The van der Waals surface area contributed by atoms with E-state index in [1.54, 1.807) is 22.3 Å². The molecule has 0 aliphatic carbocycles. The lowest BCUT2D eigenvalue weighted by Crippen LogP contribution is -2.22. The standard InChI is InChI=1S/C26H32N4O2S/c1-18(2)11-9-12-19(3)29-22(23-15-10-16-32-23)17-33-26(29)27-24-20(4)28(5)30(25(24)31)21-13-7-6-8-14-21/h6-8,10,13-19H,9,11-12H2,1-5H3. The monoisotopic (exact) mass is 464 g/mol. The first-order valence-corrected chi connectivity index (χ1v) is 12.4. The Bertz CT molecular complexity index is 1320. The first-order valence-electron chi connectivity index (χ1n) is 11.5. The van der Waals surface area contributed by atoms with E-state index in [4.69, 9.17) is 9.41 Å². The van der Waals surface area contributed by atoms with Crippen molar-refractivity contribution < 1.29 is 4.42 Å². The molecule has 4 rings (SSSR count). The van der Waals surface area contributed by atoms with Crippen LogP contribution in [0.1, 0.15) is 51.8 Å². The van der Waals surface area contributed by atoms with Gasteiger partial charge in [-0.1, -0.05) is 44.9 Å². The van der Waals surface area contributed by atoms with E-state index in [-0.39, 0.29) is 11.6 Å². The Morgan fingerprint density at radius 2 is 1.82 bits per heavy atom. The van der Waals surface area contributed by atoms with Gasteiger partial charge in [-0.2, -0.15) is 0 Å². The molecule has 174 valence electrons. The van der Waals surface area contributed by atoms with E-state index in [0.29, 0.717) is 11.6 Å². The fraction of sp³-hybridized carbons (Fsp3) is 0.385. The van der Waals surface area contributed by atoms with Gasteiger partial charge >= 0.3 is 0 Å². The molecule has 6 nitrogen and oxygen atoms in total. The van der Waals surface area contributed by atoms with Gasteiger partial charge in [-0.3, -0.25) is 9.48 Å². The second-order valence-electron chi connectivity index (χ2n) is 8.95. The van der Waals surface area contributed by atoms with Crippen molar-refractivity contribution in [3.63, 3.8) is 0 Å². The maximum atomic E-state index is 13.4. The van der Waals surface area contributed by atoms with E-state index >= 15 is 0 Å². The Morgan fingerprint density at radius 1 is 1.06 bits per heavy atom. The summed E-state index contributed by atoms with van der Waals surface area (Å²) in [6, 6.07) is 13.8. The van der Waals surface area contributed by atoms with Crippen LogP contribution in [-0.2, 0) is 7.05 Å². The van der Waals surface area contributed by atoms with Gasteiger partial charge < -0.3 is 8.98 Å². The number of hydrogen-bond acceptors (Lipinski definition) is 4. The van der Waals surface area contributed by atoms with Crippen LogP contribution in [0.2, 0.25) is 0 Å². The van der Waals surface area contributed by atoms with E-state index < -0.39 is 0 Å². The third-order valence-corrected chi connectivity index (χ3v) is 6.93. The lowest BCUT2D eigenvalue weighted by Gasteiger charge is -2.17. The predicted octanol–water partition coefficient (Wildman–Crippen LogP) is 6.23. The number of hydrogen-bond donors (Lipinski definition) is 0. The molecular weight excluding hydrogens is 432 g/mol. The smallest absolute Gasteiger partial charge is 0.297 e. The Labute approximate surface area is 198 Å². The molecule has 1 atom stereocenters. The van der Waals surface area contributed by atoms with Gasteiger partial charge in [0, 0.05) is 18.5 Å². The van der Waals surface area contributed by atoms with Crippen LogP contribution in [0.5, 0.6) is 0 Å². The minimum atomic E-state index is -0.117. The van der Waals surface area contributed by atoms with Gasteiger partial charge in [0.15, 0.2) is 16.2 Å². The highest BCUT2D eigenvalue weighted by atomic mass is 32.1. The molecule has 3 aromatic heterocycles. The number of para-hydroxylation sites is 1. The summed E-state index contributed by atoms with van der Waals surface area (Å²) >= 11 is 1.54. The van der Waals surface area contributed by atoms with Gasteiger partial charge in [-0.15, -0.1) is 11.3 Å². The summed E-state index contributed by atoms with van der Waals surface area (Å²) in [5.74, 6) is 1.50. The fourth-order valence-corrected chi connectivity index (χ4v) is 5.14. The van der Waals surface area contributed by atoms with Gasteiger partial charge in [-0.25, -0.2) is 9.67 Å². The third-order valence-electron chi connectivity index (χ3n) is 6.09. The van der Waals surface area contributed by atoms with Crippen LogP contribution >= 0.6 is 11.3 Å². The topological polar surface area (TPSA) is 57.4 Å². The quantitative estimate of drug-likeness (QED) is 0.310. The molecule has 3 heterocycles. The molecule has 4 aromatic rings. The zero-order valence-electron chi connectivity index (χ0n) is 20.0. The number of nitrogens with zero attached hydrogens (tertiary/aromatic N) is 4. The van der Waals surface area contributed by atoms with Crippen LogP contribution in [0.15, 0.2) is 68.3 Å². The summed E-state index contributed by atoms with van der Waals surface area (Å²) in [4.78, 5) is 19.1. The number of thiazole rings is 1. The van der Waals surface area contributed by atoms with Crippen molar-refractivity contribution >= 4 is 17.0 Å². The Hall–Kier alpha value is -3.06. The van der Waals surface area contributed by atoms with Crippen LogP contribution in [0.3, 0.4) is 0 Å². The molecular formula is C26H32N4O2S. The summed E-state index contributed by atoms with van der Waals surface area (Å²) < 4.78 is 11.5. The molecule has 1 aromatic carbocycles. The molecule has 33 heavy (non-hydrogen) atoms. The second-order valence-corrected chi connectivity index (χ2v) is 9.78. The maximum Gasteiger partial charge on any atom is 0.297 e. The Balaban J connectivity index is 1.83. The van der Waals surface area contributed by atoms with Crippen molar-refractivity contribution in [1.82, 2.24) is 13.9 Å². The van der Waals surface area contributed by atoms with E-state index in [0.717, 1.165) is 40.5 Å². The molecule has 0 amide bonds. The summed E-state index contributed by atoms with van der Waals surface area (Å²) in [5.41, 5.74) is 3.01. The molecule has 0 fully saturated rings. The summed E-state index contributed by atoms with van der Waals surface area (Å²) in [7, 11) is 1.90. The zero-order chi connectivity index (χ0) is 23.5. The van der Waals surface area contributed by atoms with E-state index in [1.807, 2.05) is 61.1 Å². The normalized spacial score (nSPS) is 13.2. The molecule has 1 unspecified atom stereocenters. The fourth-order valence-electron chi connectivity index (χ4n) is 4.16. The highest BCUT2D eigenvalue weighted by molar-refractivity contribution is 7.07. The van der Waals surface area contributed by atoms with Crippen LogP contribution in [0, 0.1) is 12.8 Å². The number of aromatic nitrogens is 3. The van der Waals surface area contributed by atoms with Gasteiger partial charge in [-0.05, 0) is 50.5 Å². The average molecular weight is 465 g/mol. The van der Waals surface area contributed by atoms with Gasteiger partial charge in [0.1, 0.15) is 0 Å². The number of furan rings is 1.